The first-order chi connectivity index (χ1) is 17.3. The summed E-state index contributed by atoms with van der Waals surface area (Å²) in [6.07, 6.45) is 1.59. The van der Waals surface area contributed by atoms with Gasteiger partial charge < -0.3 is 10.2 Å². The molecule has 0 bridgehead atoms. The van der Waals surface area contributed by atoms with Gasteiger partial charge in [-0.2, -0.15) is 5.26 Å². The van der Waals surface area contributed by atoms with Gasteiger partial charge in [0.1, 0.15) is 0 Å². The first-order valence-electron chi connectivity index (χ1n) is 12.5. The average molecular weight is 495 g/mol. The highest BCUT2D eigenvalue weighted by Crippen LogP contribution is 2.29. The van der Waals surface area contributed by atoms with E-state index in [4.69, 9.17) is 0 Å². The second-order valence-corrected chi connectivity index (χ2v) is 9.90. The summed E-state index contributed by atoms with van der Waals surface area (Å²) in [6.45, 7) is 6.69. The van der Waals surface area contributed by atoms with E-state index in [-0.39, 0.29) is 29.0 Å². The molecular formula is C28H32F2N4O2. The minimum atomic E-state index is -2.66. The summed E-state index contributed by atoms with van der Waals surface area (Å²) in [7, 11) is 0. The Balaban J connectivity index is 1.47. The van der Waals surface area contributed by atoms with E-state index in [2.05, 4.69) is 23.2 Å². The van der Waals surface area contributed by atoms with Gasteiger partial charge in [-0.1, -0.05) is 25.0 Å². The third-order valence-corrected chi connectivity index (χ3v) is 7.39. The van der Waals surface area contributed by atoms with Crippen molar-refractivity contribution < 1.29 is 18.4 Å². The molecule has 2 amide bonds. The Morgan fingerprint density at radius 3 is 2.58 bits per heavy atom. The molecule has 36 heavy (non-hydrogen) atoms. The number of halogens is 2. The van der Waals surface area contributed by atoms with Crippen LogP contribution in [0, 0.1) is 24.2 Å². The summed E-state index contributed by atoms with van der Waals surface area (Å²) in [5, 5.41) is 12.4. The molecule has 2 aliphatic rings. The molecule has 0 aromatic heterocycles. The zero-order chi connectivity index (χ0) is 25.8. The highest BCUT2D eigenvalue weighted by Gasteiger charge is 2.33. The van der Waals surface area contributed by atoms with Gasteiger partial charge in [-0.05, 0) is 62.1 Å². The molecule has 4 rings (SSSR count). The van der Waals surface area contributed by atoms with Gasteiger partial charge in [-0.15, -0.1) is 0 Å². The van der Waals surface area contributed by atoms with Gasteiger partial charge in [0.05, 0.1) is 11.6 Å². The maximum atomic E-state index is 13.1. The van der Waals surface area contributed by atoms with Crippen LogP contribution in [0.1, 0.15) is 71.6 Å². The Morgan fingerprint density at radius 1 is 1.17 bits per heavy atom. The Kier molecular flexibility index (Phi) is 8.00. The van der Waals surface area contributed by atoms with Gasteiger partial charge in [-0.25, -0.2) is 8.78 Å². The number of nitrogens with one attached hydrogen (secondary N) is 1. The number of benzene rings is 2. The Hall–Kier alpha value is -3.31. The van der Waals surface area contributed by atoms with Crippen LogP contribution in [0.5, 0.6) is 0 Å². The second-order valence-electron chi connectivity index (χ2n) is 9.90. The molecule has 6 nitrogen and oxygen atoms in total. The fraction of sp³-hybridized carbons (Fsp3) is 0.464. The summed E-state index contributed by atoms with van der Waals surface area (Å²) in [4.78, 5) is 30.0. The molecule has 1 aliphatic carbocycles. The molecule has 190 valence electrons. The lowest BCUT2D eigenvalue weighted by Crippen LogP contribution is -2.54. The Morgan fingerprint density at radius 2 is 1.92 bits per heavy atom. The third kappa shape index (κ3) is 5.73. The zero-order valence-electron chi connectivity index (χ0n) is 20.8. The number of hydrogen-bond acceptors (Lipinski definition) is 4. The fourth-order valence-electron chi connectivity index (χ4n) is 5.30. The van der Waals surface area contributed by atoms with Crippen LogP contribution >= 0.6 is 0 Å². The number of anilines is 1. The van der Waals surface area contributed by atoms with Gasteiger partial charge in [0.2, 0.25) is 5.91 Å². The van der Waals surface area contributed by atoms with Crippen molar-refractivity contribution in [1.29, 1.82) is 5.26 Å². The lowest BCUT2D eigenvalue weighted by Gasteiger charge is -2.41. The van der Waals surface area contributed by atoms with E-state index in [1.165, 1.54) is 24.3 Å². The van der Waals surface area contributed by atoms with Crippen molar-refractivity contribution in [1.82, 2.24) is 9.80 Å². The van der Waals surface area contributed by atoms with Crippen LogP contribution < -0.4 is 5.32 Å². The monoisotopic (exact) mass is 494 g/mol. The molecule has 1 saturated carbocycles. The predicted octanol–water partition coefficient (Wildman–Crippen LogP) is 5.28. The van der Waals surface area contributed by atoms with E-state index in [1.807, 2.05) is 17.9 Å². The molecule has 0 radical (unpaired) electrons. The van der Waals surface area contributed by atoms with Crippen molar-refractivity contribution >= 4 is 17.5 Å². The van der Waals surface area contributed by atoms with E-state index in [9.17, 15) is 23.6 Å². The van der Waals surface area contributed by atoms with Crippen LogP contribution in [0.15, 0.2) is 36.4 Å². The summed E-state index contributed by atoms with van der Waals surface area (Å²) in [5.41, 5.74) is 2.55. The number of carbonyl (C=O) groups excluding carboxylic acids is 2. The molecule has 1 saturated heterocycles. The summed E-state index contributed by atoms with van der Waals surface area (Å²) in [5.74, 6) is -0.0568. The minimum Gasteiger partial charge on any atom is -0.337 e. The lowest BCUT2D eigenvalue weighted by atomic mass is 10.0. The Bertz CT molecular complexity index is 1170. The number of rotatable bonds is 6. The SMILES string of the molecule is Cc1c(CN2CCN(C(=O)C3CCCC3)[C@@H](C)C2)cc(C#N)cc1NC(=O)c1cccc(C(F)F)c1. The molecule has 8 heteroatoms. The summed E-state index contributed by atoms with van der Waals surface area (Å²) < 4.78 is 26.1. The predicted molar refractivity (Wildman–Crippen MR) is 134 cm³/mol. The number of piperazine rings is 1. The van der Waals surface area contributed by atoms with Crippen molar-refractivity contribution in [3.63, 3.8) is 0 Å². The van der Waals surface area contributed by atoms with Crippen molar-refractivity contribution in [2.24, 2.45) is 5.92 Å². The first kappa shape index (κ1) is 25.8. The molecule has 1 atom stereocenters. The first-order valence-corrected chi connectivity index (χ1v) is 12.5. The van der Waals surface area contributed by atoms with Gasteiger partial charge in [-0.3, -0.25) is 14.5 Å². The van der Waals surface area contributed by atoms with Gasteiger partial charge in [0.25, 0.3) is 12.3 Å². The number of carbonyl (C=O) groups is 2. The molecule has 1 heterocycles. The van der Waals surface area contributed by atoms with Gasteiger partial charge in [0, 0.05) is 55.0 Å². The van der Waals surface area contributed by atoms with Crippen LogP contribution in [0.4, 0.5) is 14.5 Å². The Labute approximate surface area is 210 Å². The smallest absolute Gasteiger partial charge is 0.263 e. The molecule has 1 N–H and O–H groups in total. The maximum absolute atomic E-state index is 13.1. The van der Waals surface area contributed by atoms with E-state index in [0.717, 1.165) is 49.9 Å². The lowest BCUT2D eigenvalue weighted by molar-refractivity contribution is -0.140. The molecular weight excluding hydrogens is 462 g/mol. The summed E-state index contributed by atoms with van der Waals surface area (Å²) >= 11 is 0. The van der Waals surface area contributed by atoms with Crippen molar-refractivity contribution in [2.45, 2.75) is 58.5 Å². The number of nitriles is 1. The topological polar surface area (TPSA) is 76.4 Å². The van der Waals surface area contributed by atoms with Crippen LogP contribution in [0.25, 0.3) is 0 Å². The van der Waals surface area contributed by atoms with Crippen molar-refractivity contribution in [3.8, 4) is 6.07 Å². The third-order valence-electron chi connectivity index (χ3n) is 7.39. The number of alkyl halides is 2. The summed E-state index contributed by atoms with van der Waals surface area (Å²) in [6, 6.07) is 11.1. The molecule has 0 unspecified atom stereocenters. The van der Waals surface area contributed by atoms with E-state index >= 15 is 0 Å². The number of nitrogens with zero attached hydrogens (tertiary/aromatic N) is 3. The molecule has 1 aliphatic heterocycles. The van der Waals surface area contributed by atoms with Crippen LogP contribution in [0.2, 0.25) is 0 Å². The highest BCUT2D eigenvalue weighted by molar-refractivity contribution is 6.05. The van der Waals surface area contributed by atoms with Gasteiger partial charge >= 0.3 is 0 Å². The van der Waals surface area contributed by atoms with Crippen LogP contribution in [-0.4, -0.2) is 47.3 Å². The fourth-order valence-corrected chi connectivity index (χ4v) is 5.30. The molecule has 2 aromatic rings. The largest absolute Gasteiger partial charge is 0.337 e. The quantitative estimate of drug-likeness (QED) is 0.593. The van der Waals surface area contributed by atoms with Crippen LogP contribution in [0.3, 0.4) is 0 Å². The zero-order valence-corrected chi connectivity index (χ0v) is 20.8. The van der Waals surface area contributed by atoms with Crippen LogP contribution in [-0.2, 0) is 11.3 Å². The van der Waals surface area contributed by atoms with E-state index in [1.54, 1.807) is 6.07 Å². The molecule has 2 fully saturated rings. The average Bonchev–Trinajstić information content (AvgIpc) is 3.41. The molecule has 2 aromatic carbocycles. The maximum Gasteiger partial charge on any atom is 0.263 e. The van der Waals surface area contributed by atoms with E-state index < -0.39 is 12.3 Å². The van der Waals surface area contributed by atoms with Crippen molar-refractivity contribution in [2.75, 3.05) is 25.0 Å². The second kappa shape index (κ2) is 11.2. The number of hydrogen-bond donors (Lipinski definition) is 1. The molecule has 0 spiro atoms. The highest BCUT2D eigenvalue weighted by atomic mass is 19.3. The standard InChI is InChI=1S/C28H32F2N4O2/c1-18-16-33(10-11-34(18)28(36)21-6-3-4-7-21)17-24-12-20(15-31)13-25(19(24)2)32-27(35)23-9-5-8-22(14-23)26(29)30/h5,8-9,12-14,18,21,26H,3-4,6-7,10-11,16-17H2,1-2H3,(H,32,35)/t18-/m0/s1. The normalized spacial score (nSPS) is 18.9. The van der Waals surface area contributed by atoms with E-state index in [0.29, 0.717) is 24.3 Å². The number of amides is 2. The van der Waals surface area contributed by atoms with Crippen molar-refractivity contribution in [3.05, 3.63) is 64.2 Å². The minimum absolute atomic E-state index is 0.104. The van der Waals surface area contributed by atoms with Gasteiger partial charge in [0.15, 0.2) is 0 Å².